The average molecular weight is 220 g/mol. The lowest BCUT2D eigenvalue weighted by molar-refractivity contribution is 0.372. The molecular formula is C14H24N2. The van der Waals surface area contributed by atoms with Gasteiger partial charge in [-0.25, -0.2) is 0 Å². The van der Waals surface area contributed by atoms with Gasteiger partial charge >= 0.3 is 0 Å². The van der Waals surface area contributed by atoms with Crippen molar-refractivity contribution in [2.75, 3.05) is 0 Å². The van der Waals surface area contributed by atoms with Gasteiger partial charge in [-0.05, 0) is 58.1 Å². The van der Waals surface area contributed by atoms with Gasteiger partial charge in [0.2, 0.25) is 0 Å². The molecule has 2 heteroatoms. The van der Waals surface area contributed by atoms with Gasteiger partial charge < -0.3 is 0 Å². The van der Waals surface area contributed by atoms with Crippen LogP contribution >= 0.6 is 0 Å². The largest absolute Gasteiger partial charge is 0.298 e. The van der Waals surface area contributed by atoms with Gasteiger partial charge in [0.1, 0.15) is 0 Å². The molecule has 0 aromatic rings. The van der Waals surface area contributed by atoms with Crippen molar-refractivity contribution >= 4 is 12.4 Å². The van der Waals surface area contributed by atoms with E-state index in [0.29, 0.717) is 6.04 Å². The van der Waals surface area contributed by atoms with Crippen molar-refractivity contribution in [2.45, 2.75) is 70.4 Å². The first-order valence-corrected chi connectivity index (χ1v) is 6.67. The molecule has 90 valence electrons. The lowest BCUT2D eigenvalue weighted by Gasteiger charge is -2.28. The second-order valence-electron chi connectivity index (χ2n) is 5.74. The van der Waals surface area contributed by atoms with Crippen LogP contribution in [0.2, 0.25) is 0 Å². The molecule has 16 heavy (non-hydrogen) atoms. The molecule has 2 rings (SSSR count). The van der Waals surface area contributed by atoms with E-state index in [-0.39, 0.29) is 5.54 Å². The van der Waals surface area contributed by atoms with Crippen LogP contribution in [0, 0.1) is 5.92 Å². The molecule has 2 saturated carbocycles. The maximum absolute atomic E-state index is 5.07. The Morgan fingerprint density at radius 1 is 1.25 bits per heavy atom. The van der Waals surface area contributed by atoms with Crippen LogP contribution in [0.4, 0.5) is 0 Å². The fourth-order valence-electron chi connectivity index (χ4n) is 3.08. The zero-order chi connectivity index (χ0) is 11.6. The van der Waals surface area contributed by atoms with Crippen molar-refractivity contribution in [1.29, 1.82) is 0 Å². The van der Waals surface area contributed by atoms with Crippen LogP contribution in [-0.2, 0) is 0 Å². The Labute approximate surface area is 99.3 Å². The Hall–Kier alpha value is -0.660. The number of hydrogen-bond donors (Lipinski definition) is 0. The van der Waals surface area contributed by atoms with Crippen LogP contribution in [0.5, 0.6) is 0 Å². The zero-order valence-corrected chi connectivity index (χ0v) is 10.7. The van der Waals surface area contributed by atoms with Gasteiger partial charge in [0.15, 0.2) is 0 Å². The van der Waals surface area contributed by atoms with Crippen LogP contribution in [0.1, 0.15) is 58.8 Å². The van der Waals surface area contributed by atoms with E-state index in [1.807, 2.05) is 0 Å². The molecule has 0 spiro atoms. The highest BCUT2D eigenvalue weighted by Gasteiger charge is 2.35. The number of aliphatic imine (C=N–C) groups is 2. The summed E-state index contributed by atoms with van der Waals surface area (Å²) in [5, 5.41) is 0. The van der Waals surface area contributed by atoms with Gasteiger partial charge in [0.25, 0.3) is 0 Å². The summed E-state index contributed by atoms with van der Waals surface area (Å²) in [7, 11) is 0. The highest BCUT2D eigenvalue weighted by Crippen LogP contribution is 2.39. The number of rotatable bonds is 2. The zero-order valence-electron chi connectivity index (χ0n) is 10.7. The number of nitrogens with zero attached hydrogens (tertiary/aromatic N) is 2. The molecule has 0 aromatic carbocycles. The van der Waals surface area contributed by atoms with Crippen molar-refractivity contribution in [2.24, 2.45) is 15.9 Å². The van der Waals surface area contributed by atoms with Crippen molar-refractivity contribution in [3.8, 4) is 0 Å². The molecule has 2 aliphatic rings. The van der Waals surface area contributed by atoms with E-state index < -0.39 is 0 Å². The first kappa shape index (κ1) is 11.8. The molecule has 0 amide bonds. The monoisotopic (exact) mass is 220 g/mol. The third kappa shape index (κ3) is 2.36. The molecule has 0 saturated heterocycles. The predicted octanol–water partition coefficient (Wildman–Crippen LogP) is 3.65. The molecule has 0 bridgehead atoms. The maximum atomic E-state index is 5.07. The molecule has 0 heterocycles. The molecule has 0 aliphatic heterocycles. The van der Waals surface area contributed by atoms with Crippen LogP contribution in [-0.4, -0.2) is 24.0 Å². The highest BCUT2D eigenvalue weighted by molar-refractivity contribution is 5.85. The Kier molecular flexibility index (Phi) is 3.46. The normalized spacial score (nSPS) is 39.8. The summed E-state index contributed by atoms with van der Waals surface area (Å²) in [5.41, 5.74) is 1.68. The topological polar surface area (TPSA) is 24.7 Å². The van der Waals surface area contributed by atoms with Gasteiger partial charge in [-0.2, -0.15) is 0 Å². The Morgan fingerprint density at radius 2 is 1.94 bits per heavy atom. The minimum absolute atomic E-state index is 0.240. The highest BCUT2D eigenvalue weighted by atomic mass is 14.9. The first-order valence-electron chi connectivity index (χ1n) is 6.67. The molecule has 2 aliphatic carbocycles. The summed E-state index contributed by atoms with van der Waals surface area (Å²) in [6.07, 6.45) is 8.59. The van der Waals surface area contributed by atoms with Crippen molar-refractivity contribution in [3.05, 3.63) is 0 Å². The lowest BCUT2D eigenvalue weighted by atomic mass is 9.89. The fourth-order valence-corrected chi connectivity index (χ4v) is 3.08. The van der Waals surface area contributed by atoms with E-state index in [4.69, 9.17) is 4.99 Å². The van der Waals surface area contributed by atoms with E-state index >= 15 is 0 Å². The molecule has 2 fully saturated rings. The van der Waals surface area contributed by atoms with E-state index in [1.165, 1.54) is 25.0 Å². The lowest BCUT2D eigenvalue weighted by Crippen LogP contribution is -2.28. The van der Waals surface area contributed by atoms with Gasteiger partial charge in [-0.1, -0.05) is 13.3 Å². The van der Waals surface area contributed by atoms with E-state index in [1.54, 1.807) is 0 Å². The van der Waals surface area contributed by atoms with E-state index in [9.17, 15) is 0 Å². The van der Waals surface area contributed by atoms with Crippen LogP contribution in [0.3, 0.4) is 0 Å². The smallest absolute Gasteiger partial charge is 0.0604 e. The van der Waals surface area contributed by atoms with Gasteiger partial charge in [0, 0.05) is 11.8 Å². The van der Waals surface area contributed by atoms with Crippen LogP contribution in [0.25, 0.3) is 0 Å². The summed E-state index contributed by atoms with van der Waals surface area (Å²) in [5.74, 6) is 0.759. The van der Waals surface area contributed by atoms with Gasteiger partial charge in [-0.3, -0.25) is 9.98 Å². The summed E-state index contributed by atoms with van der Waals surface area (Å²) < 4.78 is 0. The SMILES string of the molecule is C=NC1CCC(=N[C@]2(C)CCC[C@H]2C)CC1. The minimum Gasteiger partial charge on any atom is -0.298 e. The summed E-state index contributed by atoms with van der Waals surface area (Å²) in [4.78, 5) is 9.21. The Bertz CT molecular complexity index is 285. The Morgan fingerprint density at radius 3 is 2.44 bits per heavy atom. The van der Waals surface area contributed by atoms with Crippen molar-refractivity contribution < 1.29 is 0 Å². The second kappa shape index (κ2) is 4.68. The standard InChI is InChI=1S/C14H24N2/c1-11-5-4-10-14(11,2)16-13-8-6-12(15-3)7-9-13/h11-12H,3-10H2,1-2H3/t11-,12?,14-/m1/s1. The van der Waals surface area contributed by atoms with Crippen LogP contribution in [0.15, 0.2) is 9.98 Å². The molecular weight excluding hydrogens is 196 g/mol. The fraction of sp³-hybridized carbons (Fsp3) is 0.857. The molecule has 0 aromatic heterocycles. The predicted molar refractivity (Wildman–Crippen MR) is 70.7 cm³/mol. The van der Waals surface area contributed by atoms with Gasteiger partial charge in [-0.15, -0.1) is 0 Å². The summed E-state index contributed by atoms with van der Waals surface area (Å²) in [6.45, 7) is 8.35. The van der Waals surface area contributed by atoms with Crippen molar-refractivity contribution in [3.63, 3.8) is 0 Å². The average Bonchev–Trinajstić information content (AvgIpc) is 2.60. The third-order valence-electron chi connectivity index (χ3n) is 4.59. The van der Waals surface area contributed by atoms with Crippen LogP contribution < -0.4 is 0 Å². The molecule has 2 nitrogen and oxygen atoms in total. The third-order valence-corrected chi connectivity index (χ3v) is 4.59. The number of hydrogen-bond acceptors (Lipinski definition) is 2. The quantitative estimate of drug-likeness (QED) is 0.635. The van der Waals surface area contributed by atoms with Gasteiger partial charge in [0.05, 0.1) is 5.54 Å². The van der Waals surface area contributed by atoms with E-state index in [2.05, 4.69) is 25.6 Å². The van der Waals surface area contributed by atoms with Crippen molar-refractivity contribution in [1.82, 2.24) is 0 Å². The molecule has 0 radical (unpaired) electrons. The minimum atomic E-state index is 0.240. The molecule has 0 unspecified atom stereocenters. The van der Waals surface area contributed by atoms with E-state index in [0.717, 1.165) is 31.6 Å². The summed E-state index contributed by atoms with van der Waals surface area (Å²) >= 11 is 0. The second-order valence-corrected chi connectivity index (χ2v) is 5.74. The Balaban J connectivity index is 2.00. The molecule has 2 atom stereocenters. The maximum Gasteiger partial charge on any atom is 0.0604 e. The summed E-state index contributed by atoms with van der Waals surface area (Å²) in [6, 6.07) is 0.493. The molecule has 0 N–H and O–H groups in total. The first-order chi connectivity index (χ1) is 7.64.